The maximum atomic E-state index is 13.0. The van der Waals surface area contributed by atoms with Gasteiger partial charge in [-0.1, -0.05) is 69.4 Å². The SMILES string of the molecule is CCCCCCCCOC(=O)C(Cc1ccccc1)NC(=O)[C@H](O)[C@H](O)[C@@H](O[C@H]1O[C@H](CO)[C@@H](O)[C@H](O)[C@H]1O)[C@H](O)CO. The van der Waals surface area contributed by atoms with Crippen molar-refractivity contribution in [1.82, 2.24) is 5.32 Å². The molecule has 1 aliphatic rings. The van der Waals surface area contributed by atoms with Crippen LogP contribution in [0.5, 0.6) is 0 Å². The fourth-order valence-corrected chi connectivity index (χ4v) is 4.63. The molecule has 1 aliphatic heterocycles. The minimum Gasteiger partial charge on any atom is -0.464 e. The zero-order chi connectivity index (χ0) is 31.9. The second-order valence-corrected chi connectivity index (χ2v) is 10.7. The van der Waals surface area contributed by atoms with Crippen LogP contribution in [0.2, 0.25) is 0 Å². The zero-order valence-electron chi connectivity index (χ0n) is 24.4. The van der Waals surface area contributed by atoms with Gasteiger partial charge in [0.1, 0.15) is 48.8 Å². The first kappa shape index (κ1) is 36.9. The molecular weight excluding hydrogens is 570 g/mol. The molecule has 10 atom stereocenters. The molecule has 1 fully saturated rings. The van der Waals surface area contributed by atoms with Crippen LogP contribution < -0.4 is 5.32 Å². The third kappa shape index (κ3) is 11.3. The van der Waals surface area contributed by atoms with E-state index in [0.717, 1.165) is 32.1 Å². The van der Waals surface area contributed by atoms with Crippen molar-refractivity contribution in [2.45, 2.75) is 113 Å². The summed E-state index contributed by atoms with van der Waals surface area (Å²) in [6, 6.07) is 7.47. The van der Waals surface area contributed by atoms with Gasteiger partial charge in [-0.2, -0.15) is 0 Å². The number of carbonyl (C=O) groups excluding carboxylic acids is 2. The molecule has 1 aromatic carbocycles. The van der Waals surface area contributed by atoms with Crippen molar-refractivity contribution in [2.24, 2.45) is 0 Å². The number of carbonyl (C=O) groups is 2. The molecule has 0 saturated carbocycles. The van der Waals surface area contributed by atoms with E-state index < -0.39 is 86.3 Å². The highest BCUT2D eigenvalue weighted by molar-refractivity contribution is 5.87. The van der Waals surface area contributed by atoms with Crippen molar-refractivity contribution in [3.05, 3.63) is 35.9 Å². The number of hydrogen-bond acceptors (Lipinski definition) is 13. The van der Waals surface area contributed by atoms with Gasteiger partial charge in [0.25, 0.3) is 5.91 Å². The number of unbranched alkanes of at least 4 members (excludes halogenated alkanes) is 5. The average molecular weight is 618 g/mol. The number of esters is 1. The van der Waals surface area contributed by atoms with E-state index in [9.17, 15) is 50.4 Å². The Morgan fingerprint density at radius 2 is 1.58 bits per heavy atom. The van der Waals surface area contributed by atoms with E-state index in [1.807, 2.05) is 0 Å². The van der Waals surface area contributed by atoms with Crippen molar-refractivity contribution in [2.75, 3.05) is 19.8 Å². The van der Waals surface area contributed by atoms with Crippen molar-refractivity contribution < 1.29 is 64.7 Å². The molecule has 1 unspecified atom stereocenters. The molecule has 43 heavy (non-hydrogen) atoms. The smallest absolute Gasteiger partial charge is 0.328 e. The Balaban J connectivity index is 2.10. The van der Waals surface area contributed by atoms with Gasteiger partial charge in [-0.05, 0) is 12.0 Å². The van der Waals surface area contributed by atoms with Crippen LogP contribution in [0.3, 0.4) is 0 Å². The van der Waals surface area contributed by atoms with Crippen molar-refractivity contribution in [3.63, 3.8) is 0 Å². The minimum absolute atomic E-state index is 0.00872. The van der Waals surface area contributed by atoms with Crippen LogP contribution in [0.1, 0.15) is 51.0 Å². The largest absolute Gasteiger partial charge is 0.464 e. The Morgan fingerprint density at radius 1 is 0.930 bits per heavy atom. The van der Waals surface area contributed by atoms with Crippen LogP contribution in [0.25, 0.3) is 0 Å². The fraction of sp³-hybridized carbons (Fsp3) is 0.724. The lowest BCUT2D eigenvalue weighted by Crippen LogP contribution is -2.62. The first-order valence-corrected chi connectivity index (χ1v) is 14.7. The van der Waals surface area contributed by atoms with Crippen LogP contribution in [0.4, 0.5) is 0 Å². The zero-order valence-corrected chi connectivity index (χ0v) is 24.4. The van der Waals surface area contributed by atoms with Crippen molar-refractivity contribution in [1.29, 1.82) is 0 Å². The summed E-state index contributed by atoms with van der Waals surface area (Å²) in [5.74, 6) is -1.98. The van der Waals surface area contributed by atoms with Gasteiger partial charge >= 0.3 is 5.97 Å². The summed E-state index contributed by atoms with van der Waals surface area (Å²) in [6.07, 6.45) is -11.4. The number of rotatable bonds is 19. The maximum absolute atomic E-state index is 13.0. The summed E-state index contributed by atoms with van der Waals surface area (Å²) in [6.45, 7) is 0.439. The Labute approximate surface area is 250 Å². The van der Waals surface area contributed by atoms with Gasteiger partial charge in [-0.15, -0.1) is 0 Å². The predicted molar refractivity (Wildman–Crippen MR) is 150 cm³/mol. The number of aliphatic hydroxyl groups is 8. The predicted octanol–water partition coefficient (Wildman–Crippen LogP) is -2.12. The minimum atomic E-state index is -2.32. The lowest BCUT2D eigenvalue weighted by Gasteiger charge is -2.42. The van der Waals surface area contributed by atoms with Crippen LogP contribution in [0, 0.1) is 0 Å². The number of ether oxygens (including phenoxy) is 3. The monoisotopic (exact) mass is 617 g/mol. The normalized spacial score (nSPS) is 25.7. The molecule has 1 aromatic rings. The lowest BCUT2D eigenvalue weighted by atomic mass is 9.98. The van der Waals surface area contributed by atoms with E-state index >= 15 is 0 Å². The van der Waals surface area contributed by atoms with Crippen LogP contribution in [-0.4, -0.2) is 134 Å². The molecular formula is C29H47NO13. The molecule has 0 bridgehead atoms. The second-order valence-electron chi connectivity index (χ2n) is 10.7. The Morgan fingerprint density at radius 3 is 2.21 bits per heavy atom. The number of benzene rings is 1. The maximum Gasteiger partial charge on any atom is 0.328 e. The van der Waals surface area contributed by atoms with E-state index in [-0.39, 0.29) is 13.0 Å². The first-order valence-electron chi connectivity index (χ1n) is 14.7. The molecule has 14 nitrogen and oxygen atoms in total. The highest BCUT2D eigenvalue weighted by Gasteiger charge is 2.47. The van der Waals surface area contributed by atoms with Crippen LogP contribution in [0.15, 0.2) is 30.3 Å². The highest BCUT2D eigenvalue weighted by Crippen LogP contribution is 2.25. The number of amides is 1. The molecule has 0 aliphatic carbocycles. The van der Waals surface area contributed by atoms with E-state index in [2.05, 4.69) is 12.2 Å². The lowest BCUT2D eigenvalue weighted by molar-refractivity contribution is -0.326. The molecule has 246 valence electrons. The summed E-state index contributed by atoms with van der Waals surface area (Å²) < 4.78 is 15.9. The van der Waals surface area contributed by atoms with Crippen LogP contribution in [-0.2, 0) is 30.2 Å². The van der Waals surface area contributed by atoms with E-state index in [4.69, 9.17) is 14.2 Å². The molecule has 0 radical (unpaired) electrons. The molecule has 1 heterocycles. The Bertz CT molecular complexity index is 936. The Hall–Kier alpha value is -2.24. The molecule has 0 spiro atoms. The summed E-state index contributed by atoms with van der Waals surface area (Å²) in [5, 5.41) is 83.2. The van der Waals surface area contributed by atoms with Gasteiger partial charge in [-0.3, -0.25) is 4.79 Å². The molecule has 1 amide bonds. The standard InChI is InChI=1S/C29H47NO13/c1-2-3-4-5-6-10-13-41-28(40)18(14-17-11-8-7-9-12-17)30-27(39)24(37)23(36)26(19(33)15-31)43-29-25(38)22(35)21(34)20(16-32)42-29/h7-9,11-12,18-26,29,31-38H,2-6,10,13-16H2,1H3,(H,30,39)/t18?,19-,20-,21-,22+,23+,24-,25-,26+,29-/m1/s1. The average Bonchev–Trinajstić information content (AvgIpc) is 3.01. The molecule has 1 saturated heterocycles. The number of hydrogen-bond donors (Lipinski definition) is 9. The van der Waals surface area contributed by atoms with E-state index in [1.54, 1.807) is 30.3 Å². The number of aliphatic hydroxyl groups excluding tert-OH is 8. The van der Waals surface area contributed by atoms with Gasteiger partial charge in [0, 0.05) is 6.42 Å². The first-order chi connectivity index (χ1) is 20.5. The Kier molecular flexibility index (Phi) is 16.5. The third-order valence-corrected chi connectivity index (χ3v) is 7.26. The van der Waals surface area contributed by atoms with Gasteiger partial charge in [0.05, 0.1) is 19.8 Å². The van der Waals surface area contributed by atoms with E-state index in [1.165, 1.54) is 0 Å². The third-order valence-electron chi connectivity index (χ3n) is 7.26. The van der Waals surface area contributed by atoms with Gasteiger partial charge in [0.2, 0.25) is 0 Å². The summed E-state index contributed by atoms with van der Waals surface area (Å²) in [4.78, 5) is 25.9. The molecule has 14 heteroatoms. The molecule has 2 rings (SSSR count). The molecule has 0 aromatic heterocycles. The van der Waals surface area contributed by atoms with Crippen LogP contribution >= 0.6 is 0 Å². The summed E-state index contributed by atoms with van der Waals surface area (Å²) >= 11 is 0. The summed E-state index contributed by atoms with van der Waals surface area (Å²) in [7, 11) is 0. The van der Waals surface area contributed by atoms with Gasteiger partial charge in [0.15, 0.2) is 12.4 Å². The van der Waals surface area contributed by atoms with E-state index in [0.29, 0.717) is 12.0 Å². The quantitative estimate of drug-likeness (QED) is 0.0597. The second kappa shape index (κ2) is 19.2. The van der Waals surface area contributed by atoms with Crippen molar-refractivity contribution in [3.8, 4) is 0 Å². The number of nitrogens with one attached hydrogen (secondary N) is 1. The fourth-order valence-electron chi connectivity index (χ4n) is 4.63. The van der Waals surface area contributed by atoms with Gasteiger partial charge < -0.3 is 60.4 Å². The topological polar surface area (TPSA) is 236 Å². The van der Waals surface area contributed by atoms with Gasteiger partial charge in [-0.25, -0.2) is 4.79 Å². The highest BCUT2D eigenvalue weighted by atomic mass is 16.7. The molecule has 9 N–H and O–H groups in total. The summed E-state index contributed by atoms with van der Waals surface area (Å²) in [5.41, 5.74) is 0.680. The van der Waals surface area contributed by atoms with Crippen molar-refractivity contribution >= 4 is 11.9 Å².